The van der Waals surface area contributed by atoms with Gasteiger partial charge in [0.05, 0.1) is 18.8 Å². The third kappa shape index (κ3) is 1.63. The van der Waals surface area contributed by atoms with Crippen LogP contribution in [0.2, 0.25) is 0 Å². The molecule has 5 heteroatoms. The van der Waals surface area contributed by atoms with Crippen LogP contribution in [0.15, 0.2) is 0 Å². The van der Waals surface area contributed by atoms with Gasteiger partial charge in [0.2, 0.25) is 0 Å². The van der Waals surface area contributed by atoms with Crippen molar-refractivity contribution in [1.82, 2.24) is 15.3 Å². The minimum Gasteiger partial charge on any atom is -0.467 e. The third-order valence-corrected chi connectivity index (χ3v) is 2.69. The molecule has 0 radical (unpaired) electrons. The molecular weight excluding hydrogens is 192 g/mol. The predicted octanol–water partition coefficient (Wildman–Crippen LogP) is 0.868. The van der Waals surface area contributed by atoms with Crippen LogP contribution in [0.3, 0.4) is 0 Å². The van der Waals surface area contributed by atoms with Gasteiger partial charge < -0.3 is 15.8 Å². The van der Waals surface area contributed by atoms with Crippen LogP contribution in [0.25, 0.3) is 0 Å². The Morgan fingerprint density at radius 2 is 2.20 bits per heavy atom. The largest absolute Gasteiger partial charge is 0.467 e. The van der Waals surface area contributed by atoms with Gasteiger partial charge in [0.1, 0.15) is 5.82 Å². The maximum absolute atomic E-state index is 5.84. The van der Waals surface area contributed by atoms with Gasteiger partial charge in [-0.2, -0.15) is 9.97 Å². The van der Waals surface area contributed by atoms with Crippen LogP contribution in [-0.4, -0.2) is 17.1 Å². The smallest absolute Gasteiger partial charge is 0.318 e. The van der Waals surface area contributed by atoms with Crippen LogP contribution >= 0.6 is 0 Å². The second kappa shape index (κ2) is 3.66. The van der Waals surface area contributed by atoms with Gasteiger partial charge >= 0.3 is 6.01 Å². The molecule has 5 nitrogen and oxygen atoms in total. The number of hydrogen-bond acceptors (Lipinski definition) is 5. The molecule has 1 aliphatic rings. The Balaban J connectivity index is 2.47. The number of ether oxygens (including phenoxy) is 1. The summed E-state index contributed by atoms with van der Waals surface area (Å²) < 4.78 is 5.02. The summed E-state index contributed by atoms with van der Waals surface area (Å²) >= 11 is 0. The standard InChI is InChI=1S/C10H16N4O/c1-5(2)7-8-6(4-12-7)9(11)14-10(13-8)15-3/h5,7,12H,4H2,1-3H3,(H2,11,13,14). The SMILES string of the molecule is COc1nc(N)c2c(n1)C(C(C)C)NC2. The zero-order chi connectivity index (χ0) is 11.0. The molecule has 3 N–H and O–H groups in total. The van der Waals surface area contributed by atoms with Crippen LogP contribution in [0.1, 0.15) is 31.1 Å². The molecule has 0 aromatic carbocycles. The summed E-state index contributed by atoms with van der Waals surface area (Å²) in [5.74, 6) is 0.998. The number of methoxy groups -OCH3 is 1. The lowest BCUT2D eigenvalue weighted by Crippen LogP contribution is -2.18. The van der Waals surface area contributed by atoms with Crippen LogP contribution in [0, 0.1) is 5.92 Å². The average Bonchev–Trinajstić information content (AvgIpc) is 2.61. The van der Waals surface area contributed by atoms with Crippen LogP contribution in [-0.2, 0) is 6.54 Å². The quantitative estimate of drug-likeness (QED) is 0.754. The number of anilines is 1. The first-order valence-corrected chi connectivity index (χ1v) is 5.07. The average molecular weight is 208 g/mol. The summed E-state index contributed by atoms with van der Waals surface area (Å²) in [5.41, 5.74) is 7.83. The molecule has 1 aliphatic heterocycles. The maximum atomic E-state index is 5.84. The second-order valence-corrected chi connectivity index (χ2v) is 4.06. The van der Waals surface area contributed by atoms with Gasteiger partial charge in [-0.05, 0) is 5.92 Å². The van der Waals surface area contributed by atoms with Crippen molar-refractivity contribution in [1.29, 1.82) is 0 Å². The number of aromatic nitrogens is 2. The maximum Gasteiger partial charge on any atom is 0.318 e. The summed E-state index contributed by atoms with van der Waals surface area (Å²) in [4.78, 5) is 8.42. The van der Waals surface area contributed by atoms with Crippen molar-refractivity contribution < 1.29 is 4.74 Å². The van der Waals surface area contributed by atoms with Crippen molar-refractivity contribution in [2.75, 3.05) is 12.8 Å². The molecule has 0 saturated heterocycles. The first kappa shape index (κ1) is 10.2. The second-order valence-electron chi connectivity index (χ2n) is 4.06. The van der Waals surface area contributed by atoms with Gasteiger partial charge in [0.25, 0.3) is 0 Å². The van der Waals surface area contributed by atoms with Crippen LogP contribution < -0.4 is 15.8 Å². The predicted molar refractivity (Wildman–Crippen MR) is 57.4 cm³/mol. The van der Waals surface area contributed by atoms with Gasteiger partial charge in [0, 0.05) is 12.1 Å². The van der Waals surface area contributed by atoms with E-state index in [0.717, 1.165) is 17.8 Å². The summed E-state index contributed by atoms with van der Waals surface area (Å²) in [6.45, 7) is 5.04. The topological polar surface area (TPSA) is 73.1 Å². The van der Waals surface area contributed by atoms with Gasteiger partial charge in [-0.15, -0.1) is 0 Å². The lowest BCUT2D eigenvalue weighted by Gasteiger charge is -2.15. The number of nitrogens with two attached hydrogens (primary N) is 1. The molecule has 0 spiro atoms. The van der Waals surface area contributed by atoms with Gasteiger partial charge in [0.15, 0.2) is 0 Å². The van der Waals surface area contributed by atoms with Crippen LogP contribution in [0.4, 0.5) is 5.82 Å². The number of rotatable bonds is 2. The zero-order valence-corrected chi connectivity index (χ0v) is 9.24. The Morgan fingerprint density at radius 1 is 1.47 bits per heavy atom. The molecule has 1 aromatic rings. The fourth-order valence-electron chi connectivity index (χ4n) is 1.89. The highest BCUT2D eigenvalue weighted by Gasteiger charge is 2.29. The molecule has 0 aliphatic carbocycles. The first-order chi connectivity index (χ1) is 7.13. The van der Waals surface area contributed by atoms with Gasteiger partial charge in [-0.1, -0.05) is 13.8 Å². The van der Waals surface area contributed by atoms with E-state index in [1.54, 1.807) is 7.11 Å². The van der Waals surface area contributed by atoms with Crippen molar-refractivity contribution in [3.05, 3.63) is 11.3 Å². The fourth-order valence-corrected chi connectivity index (χ4v) is 1.89. The summed E-state index contributed by atoms with van der Waals surface area (Å²) in [6, 6.07) is 0.597. The minimum atomic E-state index is 0.249. The minimum absolute atomic E-state index is 0.249. The molecule has 15 heavy (non-hydrogen) atoms. The number of hydrogen-bond donors (Lipinski definition) is 2. The molecular formula is C10H16N4O. The van der Waals surface area contributed by atoms with Crippen molar-refractivity contribution in [2.45, 2.75) is 26.4 Å². The molecule has 82 valence electrons. The van der Waals surface area contributed by atoms with E-state index < -0.39 is 0 Å². The summed E-state index contributed by atoms with van der Waals surface area (Å²) in [6.07, 6.45) is 0. The van der Waals surface area contributed by atoms with Crippen molar-refractivity contribution >= 4 is 5.82 Å². The molecule has 0 amide bonds. The first-order valence-electron chi connectivity index (χ1n) is 5.07. The van der Waals surface area contributed by atoms with E-state index in [4.69, 9.17) is 10.5 Å². The molecule has 0 bridgehead atoms. The number of nitrogens with zero attached hydrogens (tertiary/aromatic N) is 2. The molecule has 2 rings (SSSR count). The highest BCUT2D eigenvalue weighted by atomic mass is 16.5. The molecule has 1 atom stereocenters. The third-order valence-electron chi connectivity index (χ3n) is 2.69. The Hall–Kier alpha value is -1.36. The monoisotopic (exact) mass is 208 g/mol. The summed E-state index contributed by atoms with van der Waals surface area (Å²) in [5, 5.41) is 3.38. The molecule has 0 saturated carbocycles. The Kier molecular flexibility index (Phi) is 2.48. The van der Waals surface area contributed by atoms with Gasteiger partial charge in [-0.3, -0.25) is 0 Å². The van der Waals surface area contributed by atoms with E-state index >= 15 is 0 Å². The molecule has 1 aromatic heterocycles. The Labute approximate surface area is 89.1 Å². The highest BCUT2D eigenvalue weighted by molar-refractivity contribution is 5.46. The van der Waals surface area contributed by atoms with Crippen molar-refractivity contribution in [3.8, 4) is 6.01 Å². The van der Waals surface area contributed by atoms with Crippen molar-refractivity contribution in [2.24, 2.45) is 5.92 Å². The molecule has 0 fully saturated rings. The lowest BCUT2D eigenvalue weighted by molar-refractivity contribution is 0.372. The van der Waals surface area contributed by atoms with E-state index in [1.807, 2.05) is 0 Å². The zero-order valence-electron chi connectivity index (χ0n) is 9.24. The van der Waals surface area contributed by atoms with Crippen molar-refractivity contribution in [3.63, 3.8) is 0 Å². The van der Waals surface area contributed by atoms with E-state index in [0.29, 0.717) is 17.7 Å². The van der Waals surface area contributed by atoms with Gasteiger partial charge in [-0.25, -0.2) is 0 Å². The molecule has 1 unspecified atom stereocenters. The number of fused-ring (bicyclic) bond motifs is 1. The highest BCUT2D eigenvalue weighted by Crippen LogP contribution is 2.32. The summed E-state index contributed by atoms with van der Waals surface area (Å²) in [7, 11) is 1.55. The van der Waals surface area contributed by atoms with E-state index in [1.165, 1.54) is 0 Å². The van der Waals surface area contributed by atoms with E-state index in [-0.39, 0.29) is 6.04 Å². The Morgan fingerprint density at radius 3 is 2.80 bits per heavy atom. The Bertz CT molecular complexity index is 378. The normalized spacial score (nSPS) is 19.3. The fraction of sp³-hybridized carbons (Fsp3) is 0.600. The van der Waals surface area contributed by atoms with E-state index in [2.05, 4.69) is 29.1 Å². The van der Waals surface area contributed by atoms with Crippen LogP contribution in [0.5, 0.6) is 6.01 Å². The molecule has 2 heterocycles. The number of nitrogen functional groups attached to an aromatic ring is 1. The van der Waals surface area contributed by atoms with E-state index in [9.17, 15) is 0 Å². The number of nitrogens with one attached hydrogen (secondary N) is 1. The lowest BCUT2D eigenvalue weighted by atomic mass is 10.0.